The van der Waals surface area contributed by atoms with Crippen molar-refractivity contribution in [3.05, 3.63) is 64.3 Å². The molecule has 2 aromatic heterocycles. The van der Waals surface area contributed by atoms with Gasteiger partial charge < -0.3 is 4.57 Å². The van der Waals surface area contributed by atoms with Gasteiger partial charge >= 0.3 is 0 Å². The van der Waals surface area contributed by atoms with Crippen LogP contribution in [0.5, 0.6) is 0 Å². The van der Waals surface area contributed by atoms with E-state index in [9.17, 15) is 22.8 Å². The Morgan fingerprint density at radius 2 is 1.80 bits per heavy atom. The van der Waals surface area contributed by atoms with E-state index in [-0.39, 0.29) is 23.4 Å². The summed E-state index contributed by atoms with van der Waals surface area (Å²) < 4.78 is 27.7. The summed E-state index contributed by atoms with van der Waals surface area (Å²) in [5.41, 5.74) is 5.40. The van der Waals surface area contributed by atoms with Gasteiger partial charge in [0, 0.05) is 39.4 Å². The molecular weight excluding hydrogens is 474 g/mol. The summed E-state index contributed by atoms with van der Waals surface area (Å²) in [5.74, 6) is -0.563. The maximum atomic E-state index is 12.5. The molecule has 2 aromatic carbocycles. The second-order valence-electron chi connectivity index (χ2n) is 7.97. The normalized spacial score (nSPS) is 11.8. The molecule has 0 fully saturated rings. The van der Waals surface area contributed by atoms with E-state index >= 15 is 0 Å². The lowest BCUT2D eigenvalue weighted by atomic mass is 10.1. The van der Waals surface area contributed by atoms with E-state index in [1.165, 1.54) is 26.2 Å². The van der Waals surface area contributed by atoms with E-state index in [4.69, 9.17) is 0 Å². The molecule has 0 unspecified atom stereocenters. The average molecular weight is 498 g/mol. The smallest absolute Gasteiger partial charge is 0.290 e. The lowest BCUT2D eigenvalue weighted by Gasteiger charge is -2.10. The van der Waals surface area contributed by atoms with Crippen LogP contribution in [0.15, 0.2) is 52.2 Å². The number of hydrogen-bond donors (Lipinski definition) is 3. The highest BCUT2D eigenvalue weighted by molar-refractivity contribution is 7.89. The topological polar surface area (TPSA) is 159 Å². The van der Waals surface area contributed by atoms with Gasteiger partial charge in [0.2, 0.25) is 15.9 Å². The number of nitrogens with zero attached hydrogens (tertiary/aromatic N) is 4. The van der Waals surface area contributed by atoms with Crippen molar-refractivity contribution in [1.82, 2.24) is 34.9 Å². The third-order valence-corrected chi connectivity index (χ3v) is 7.34. The number of H-pyrrole nitrogens is 1. The van der Waals surface area contributed by atoms with Crippen molar-refractivity contribution in [3.8, 4) is 0 Å². The highest BCUT2D eigenvalue weighted by Gasteiger charge is 2.20. The standard InChI is InChI=1S/C22H23N7O5S/c1-28(2)35(33,34)13-8-9-17-16(12-13)23-18(29(17)3)10-11-19(30)24-27-22(32)20-14-6-4-5-7-15(14)21(31)26-25-20/h4-9,12H,10-11H2,1-3H3,(H,24,30)(H,26,31)(H,27,32). The minimum Gasteiger partial charge on any atom is -0.331 e. The number of hydrogen-bond acceptors (Lipinski definition) is 7. The molecule has 3 N–H and O–H groups in total. The van der Waals surface area contributed by atoms with Crippen LogP contribution in [0.3, 0.4) is 0 Å². The molecule has 0 aliphatic rings. The van der Waals surface area contributed by atoms with Crippen LogP contribution in [0.4, 0.5) is 0 Å². The van der Waals surface area contributed by atoms with Crippen molar-refractivity contribution in [2.24, 2.45) is 7.05 Å². The first-order valence-electron chi connectivity index (χ1n) is 10.5. The fourth-order valence-corrected chi connectivity index (χ4v) is 4.51. The highest BCUT2D eigenvalue weighted by atomic mass is 32.2. The van der Waals surface area contributed by atoms with Gasteiger partial charge in [0.15, 0.2) is 5.69 Å². The van der Waals surface area contributed by atoms with Gasteiger partial charge in [-0.25, -0.2) is 22.8 Å². The minimum atomic E-state index is -3.60. The third kappa shape index (κ3) is 4.63. The van der Waals surface area contributed by atoms with Crippen molar-refractivity contribution in [2.45, 2.75) is 17.7 Å². The molecular formula is C22H23N7O5S. The molecule has 182 valence electrons. The number of imidazole rings is 1. The Morgan fingerprint density at radius 1 is 1.09 bits per heavy atom. The zero-order chi connectivity index (χ0) is 25.3. The number of aromatic amines is 1. The van der Waals surface area contributed by atoms with Crippen LogP contribution in [0.25, 0.3) is 21.8 Å². The quantitative estimate of drug-likeness (QED) is 0.326. The number of fused-ring (bicyclic) bond motifs is 2. The van der Waals surface area contributed by atoms with Crippen LogP contribution < -0.4 is 16.4 Å². The Hall–Kier alpha value is -4.10. The molecule has 13 heteroatoms. The number of amides is 2. The van der Waals surface area contributed by atoms with E-state index in [2.05, 4.69) is 26.0 Å². The van der Waals surface area contributed by atoms with E-state index in [1.807, 2.05) is 0 Å². The zero-order valence-electron chi connectivity index (χ0n) is 19.2. The van der Waals surface area contributed by atoms with Crippen molar-refractivity contribution in [3.63, 3.8) is 0 Å². The second-order valence-corrected chi connectivity index (χ2v) is 10.1. The van der Waals surface area contributed by atoms with Gasteiger partial charge in [0.25, 0.3) is 11.5 Å². The van der Waals surface area contributed by atoms with Crippen LogP contribution in [-0.2, 0) is 28.3 Å². The van der Waals surface area contributed by atoms with Crippen LogP contribution >= 0.6 is 0 Å². The summed E-state index contributed by atoms with van der Waals surface area (Å²) in [5, 5.41) is 6.72. The van der Waals surface area contributed by atoms with Crippen LogP contribution in [-0.4, -0.2) is 58.4 Å². The van der Waals surface area contributed by atoms with Gasteiger partial charge in [-0.2, -0.15) is 5.10 Å². The Kier molecular flexibility index (Phi) is 6.37. The first-order valence-corrected chi connectivity index (χ1v) is 12.0. The number of nitrogens with one attached hydrogen (secondary N) is 3. The number of carbonyl (C=O) groups excluding carboxylic acids is 2. The monoisotopic (exact) mass is 497 g/mol. The van der Waals surface area contributed by atoms with E-state index in [0.717, 1.165) is 9.82 Å². The summed E-state index contributed by atoms with van der Waals surface area (Å²) in [4.78, 5) is 41.3. The van der Waals surface area contributed by atoms with Gasteiger partial charge in [0.05, 0.1) is 21.3 Å². The van der Waals surface area contributed by atoms with Gasteiger partial charge in [-0.3, -0.25) is 25.2 Å². The second kappa shape index (κ2) is 9.27. The van der Waals surface area contributed by atoms with E-state index in [0.29, 0.717) is 22.1 Å². The number of rotatable bonds is 6. The highest BCUT2D eigenvalue weighted by Crippen LogP contribution is 2.22. The number of carbonyl (C=O) groups is 2. The fourth-order valence-electron chi connectivity index (χ4n) is 3.59. The maximum Gasteiger partial charge on any atom is 0.290 e. The molecule has 12 nitrogen and oxygen atoms in total. The van der Waals surface area contributed by atoms with Crippen LogP contribution in [0, 0.1) is 0 Å². The van der Waals surface area contributed by atoms with Crippen molar-refractivity contribution in [2.75, 3.05) is 14.1 Å². The van der Waals surface area contributed by atoms with Crippen LogP contribution in [0.1, 0.15) is 22.7 Å². The van der Waals surface area contributed by atoms with Gasteiger partial charge in [-0.15, -0.1) is 0 Å². The Labute approximate surface area is 200 Å². The summed E-state index contributed by atoms with van der Waals surface area (Å²) in [7, 11) is 1.09. The molecule has 0 aliphatic heterocycles. The lowest BCUT2D eigenvalue weighted by molar-refractivity contribution is -0.121. The minimum absolute atomic E-state index is 0.0140. The number of benzene rings is 2. The Bertz CT molecular complexity index is 1620. The summed E-state index contributed by atoms with van der Waals surface area (Å²) in [6.45, 7) is 0. The van der Waals surface area contributed by atoms with E-state index < -0.39 is 27.4 Å². The molecule has 0 saturated carbocycles. The molecule has 0 aliphatic carbocycles. The molecule has 2 amide bonds. The van der Waals surface area contributed by atoms with Crippen LogP contribution in [0.2, 0.25) is 0 Å². The molecule has 35 heavy (non-hydrogen) atoms. The third-order valence-electron chi connectivity index (χ3n) is 5.53. The maximum absolute atomic E-state index is 12.5. The number of aryl methyl sites for hydroxylation is 2. The summed E-state index contributed by atoms with van der Waals surface area (Å²) >= 11 is 0. The van der Waals surface area contributed by atoms with Gasteiger partial charge in [-0.1, -0.05) is 18.2 Å². The number of hydrazine groups is 1. The van der Waals surface area contributed by atoms with Crippen molar-refractivity contribution >= 4 is 43.6 Å². The van der Waals surface area contributed by atoms with Crippen molar-refractivity contribution < 1.29 is 18.0 Å². The molecule has 0 bridgehead atoms. The molecule has 4 aromatic rings. The van der Waals surface area contributed by atoms with E-state index in [1.54, 1.807) is 41.9 Å². The molecule has 0 radical (unpaired) electrons. The Morgan fingerprint density at radius 3 is 2.51 bits per heavy atom. The predicted octanol–water partition coefficient (Wildman–Crippen LogP) is 0.454. The fraction of sp³-hybridized carbons (Fsp3) is 0.227. The molecule has 0 saturated heterocycles. The number of aromatic nitrogens is 4. The number of sulfonamides is 1. The predicted molar refractivity (Wildman–Crippen MR) is 128 cm³/mol. The summed E-state index contributed by atoms with van der Waals surface area (Å²) in [6.07, 6.45) is 0.266. The van der Waals surface area contributed by atoms with Crippen molar-refractivity contribution in [1.29, 1.82) is 0 Å². The summed E-state index contributed by atoms with van der Waals surface area (Å²) in [6, 6.07) is 11.2. The zero-order valence-corrected chi connectivity index (χ0v) is 20.0. The SMILES string of the molecule is CN(C)S(=O)(=O)c1ccc2c(c1)nc(CCC(=O)NNC(=O)c1n[nH]c(=O)c3ccccc13)n2C. The molecule has 2 heterocycles. The first kappa shape index (κ1) is 24.0. The largest absolute Gasteiger partial charge is 0.331 e. The molecule has 0 spiro atoms. The van der Waals surface area contributed by atoms with Gasteiger partial charge in [0.1, 0.15) is 5.82 Å². The molecule has 0 atom stereocenters. The average Bonchev–Trinajstić information content (AvgIpc) is 3.16. The molecule has 4 rings (SSSR count). The Balaban J connectivity index is 1.42. The van der Waals surface area contributed by atoms with Gasteiger partial charge in [-0.05, 0) is 24.3 Å². The first-order chi connectivity index (χ1) is 16.6. The lowest BCUT2D eigenvalue weighted by Crippen LogP contribution is -2.42.